The summed E-state index contributed by atoms with van der Waals surface area (Å²) in [7, 11) is 0. The quantitative estimate of drug-likeness (QED) is 0.793. The molecule has 0 fully saturated rings. The second-order valence-corrected chi connectivity index (χ2v) is 5.50. The number of halogens is 1. The number of nitrogens with zero attached hydrogens (tertiary/aromatic N) is 1. The van der Waals surface area contributed by atoms with E-state index in [9.17, 15) is 4.79 Å². The van der Waals surface area contributed by atoms with Gasteiger partial charge in [-0.1, -0.05) is 30.2 Å². The van der Waals surface area contributed by atoms with E-state index in [1.165, 1.54) is 5.57 Å². The molecule has 110 valence electrons. The van der Waals surface area contributed by atoms with Gasteiger partial charge in [-0.25, -0.2) is 0 Å². The second kappa shape index (κ2) is 7.50. The third-order valence-electron chi connectivity index (χ3n) is 3.45. The minimum Gasteiger partial charge on any atom is -0.350 e. The molecule has 5 heteroatoms. The van der Waals surface area contributed by atoms with E-state index in [4.69, 9.17) is 11.6 Å². The van der Waals surface area contributed by atoms with Crippen molar-refractivity contribution in [3.63, 3.8) is 0 Å². The minimum atomic E-state index is -0.0418. The lowest BCUT2D eigenvalue weighted by atomic mass is 10.1. The van der Waals surface area contributed by atoms with E-state index in [1.54, 1.807) is 6.07 Å². The van der Waals surface area contributed by atoms with Crippen LogP contribution in [0.1, 0.15) is 36.7 Å². The van der Waals surface area contributed by atoms with Crippen LogP contribution in [0.3, 0.4) is 0 Å². The highest BCUT2D eigenvalue weighted by molar-refractivity contribution is 6.31. The van der Waals surface area contributed by atoms with Crippen LogP contribution in [0.15, 0.2) is 23.9 Å². The molecule has 0 radical (unpaired) electrons. The summed E-state index contributed by atoms with van der Waals surface area (Å²) in [5.41, 5.74) is 2.07. The SMILES string of the molecule is CCCn1cc(Cl)cc1C(=O)NCCC1=CCNCC1. The molecule has 0 spiro atoms. The molecular weight excluding hydrogens is 274 g/mol. The molecule has 0 unspecified atom stereocenters. The lowest BCUT2D eigenvalue weighted by molar-refractivity contribution is 0.0944. The van der Waals surface area contributed by atoms with Crippen LogP contribution in [-0.2, 0) is 6.54 Å². The predicted molar refractivity (Wildman–Crippen MR) is 82.3 cm³/mol. The Labute approximate surface area is 125 Å². The van der Waals surface area contributed by atoms with Crippen LogP contribution in [0.5, 0.6) is 0 Å². The summed E-state index contributed by atoms with van der Waals surface area (Å²) < 4.78 is 1.92. The summed E-state index contributed by atoms with van der Waals surface area (Å²) in [5, 5.41) is 6.88. The van der Waals surface area contributed by atoms with E-state index in [1.807, 2.05) is 10.8 Å². The molecule has 1 aromatic heterocycles. The maximum atomic E-state index is 12.2. The Morgan fingerprint density at radius 2 is 2.40 bits per heavy atom. The van der Waals surface area contributed by atoms with Gasteiger partial charge < -0.3 is 15.2 Å². The van der Waals surface area contributed by atoms with Gasteiger partial charge in [-0.2, -0.15) is 0 Å². The fraction of sp³-hybridized carbons (Fsp3) is 0.533. The van der Waals surface area contributed by atoms with Gasteiger partial charge in [0.2, 0.25) is 0 Å². The Hall–Kier alpha value is -1.26. The molecule has 2 rings (SSSR count). The van der Waals surface area contributed by atoms with Crippen molar-refractivity contribution in [3.05, 3.63) is 34.6 Å². The second-order valence-electron chi connectivity index (χ2n) is 5.06. The largest absolute Gasteiger partial charge is 0.350 e. The van der Waals surface area contributed by atoms with E-state index in [0.717, 1.165) is 38.9 Å². The topological polar surface area (TPSA) is 46.1 Å². The van der Waals surface area contributed by atoms with E-state index >= 15 is 0 Å². The van der Waals surface area contributed by atoms with E-state index < -0.39 is 0 Å². The first kappa shape index (κ1) is 15.1. The van der Waals surface area contributed by atoms with Crippen molar-refractivity contribution in [3.8, 4) is 0 Å². The highest BCUT2D eigenvalue weighted by Crippen LogP contribution is 2.15. The molecule has 20 heavy (non-hydrogen) atoms. The van der Waals surface area contributed by atoms with Crippen molar-refractivity contribution in [1.29, 1.82) is 0 Å². The van der Waals surface area contributed by atoms with E-state index in [0.29, 0.717) is 17.3 Å². The third-order valence-corrected chi connectivity index (χ3v) is 3.66. The number of aryl methyl sites for hydroxylation is 1. The fourth-order valence-electron chi connectivity index (χ4n) is 2.41. The molecule has 1 aliphatic rings. The van der Waals surface area contributed by atoms with Crippen LogP contribution in [-0.4, -0.2) is 30.1 Å². The Balaban J connectivity index is 1.86. The summed E-state index contributed by atoms with van der Waals surface area (Å²) >= 11 is 5.98. The number of carbonyl (C=O) groups excluding carboxylic acids is 1. The van der Waals surface area contributed by atoms with Gasteiger partial charge in [0.05, 0.1) is 5.02 Å². The number of nitrogens with one attached hydrogen (secondary N) is 2. The first-order chi connectivity index (χ1) is 9.70. The summed E-state index contributed by atoms with van der Waals surface area (Å²) in [6.45, 7) is 5.55. The van der Waals surface area contributed by atoms with E-state index in [-0.39, 0.29) is 5.91 Å². The Morgan fingerprint density at radius 3 is 3.10 bits per heavy atom. The van der Waals surface area contributed by atoms with Gasteiger partial charge >= 0.3 is 0 Å². The maximum absolute atomic E-state index is 12.2. The smallest absolute Gasteiger partial charge is 0.267 e. The summed E-state index contributed by atoms with van der Waals surface area (Å²) in [4.78, 5) is 12.2. The number of rotatable bonds is 6. The highest BCUT2D eigenvalue weighted by Gasteiger charge is 2.12. The van der Waals surface area contributed by atoms with Crippen LogP contribution >= 0.6 is 11.6 Å². The van der Waals surface area contributed by atoms with Crippen molar-refractivity contribution in [2.75, 3.05) is 19.6 Å². The molecule has 0 saturated heterocycles. The maximum Gasteiger partial charge on any atom is 0.267 e. The number of carbonyl (C=O) groups is 1. The highest BCUT2D eigenvalue weighted by atomic mass is 35.5. The van der Waals surface area contributed by atoms with Gasteiger partial charge in [-0.3, -0.25) is 4.79 Å². The van der Waals surface area contributed by atoms with Crippen LogP contribution in [0, 0.1) is 0 Å². The van der Waals surface area contributed by atoms with Crippen LogP contribution in [0.4, 0.5) is 0 Å². The lowest BCUT2D eigenvalue weighted by Gasteiger charge is -2.14. The number of amides is 1. The van der Waals surface area contributed by atoms with Crippen LogP contribution in [0.2, 0.25) is 5.02 Å². The monoisotopic (exact) mass is 295 g/mol. The van der Waals surface area contributed by atoms with Gasteiger partial charge in [0, 0.05) is 25.8 Å². The minimum absolute atomic E-state index is 0.0418. The summed E-state index contributed by atoms with van der Waals surface area (Å²) in [6.07, 6.45) is 7.01. The first-order valence-corrected chi connectivity index (χ1v) is 7.61. The number of aromatic nitrogens is 1. The number of hydrogen-bond acceptors (Lipinski definition) is 2. The summed E-state index contributed by atoms with van der Waals surface area (Å²) in [6, 6.07) is 1.73. The molecule has 0 atom stereocenters. The van der Waals surface area contributed by atoms with Crippen molar-refractivity contribution in [1.82, 2.24) is 15.2 Å². The van der Waals surface area contributed by atoms with Gasteiger partial charge in [-0.05, 0) is 31.9 Å². The molecule has 0 bridgehead atoms. The normalized spacial score (nSPS) is 15.0. The van der Waals surface area contributed by atoms with Crippen molar-refractivity contribution in [2.45, 2.75) is 32.7 Å². The van der Waals surface area contributed by atoms with Crippen molar-refractivity contribution >= 4 is 17.5 Å². The lowest BCUT2D eigenvalue weighted by Crippen LogP contribution is -2.28. The summed E-state index contributed by atoms with van der Waals surface area (Å²) in [5.74, 6) is -0.0418. The van der Waals surface area contributed by atoms with Crippen molar-refractivity contribution < 1.29 is 4.79 Å². The van der Waals surface area contributed by atoms with Gasteiger partial charge in [0.1, 0.15) is 5.69 Å². The molecule has 0 aliphatic carbocycles. The predicted octanol–water partition coefficient (Wildman–Crippen LogP) is 2.59. The third kappa shape index (κ3) is 4.12. The molecule has 1 amide bonds. The Kier molecular flexibility index (Phi) is 5.68. The molecule has 0 saturated carbocycles. The Bertz CT molecular complexity index is 493. The van der Waals surface area contributed by atoms with Gasteiger partial charge in [0.15, 0.2) is 0 Å². The van der Waals surface area contributed by atoms with E-state index in [2.05, 4.69) is 23.6 Å². The molecule has 0 aromatic carbocycles. The average molecular weight is 296 g/mol. The van der Waals surface area contributed by atoms with Crippen molar-refractivity contribution in [2.24, 2.45) is 0 Å². The number of hydrogen-bond donors (Lipinski definition) is 2. The average Bonchev–Trinajstić information content (AvgIpc) is 2.81. The van der Waals surface area contributed by atoms with Crippen LogP contribution < -0.4 is 10.6 Å². The first-order valence-electron chi connectivity index (χ1n) is 7.23. The molecular formula is C15H22ClN3O. The fourth-order valence-corrected chi connectivity index (χ4v) is 2.64. The van der Waals surface area contributed by atoms with Crippen LogP contribution in [0.25, 0.3) is 0 Å². The molecule has 1 aromatic rings. The zero-order chi connectivity index (χ0) is 14.4. The Morgan fingerprint density at radius 1 is 1.55 bits per heavy atom. The molecule has 2 heterocycles. The zero-order valence-electron chi connectivity index (χ0n) is 11.9. The standard InChI is InChI=1S/C15H22ClN3O/c1-2-9-19-11-13(16)10-14(19)15(20)18-8-5-12-3-6-17-7-4-12/h3,10-11,17H,2,4-9H2,1H3,(H,18,20). The molecule has 2 N–H and O–H groups in total. The molecule has 1 aliphatic heterocycles. The van der Waals surface area contributed by atoms with Gasteiger partial charge in [0.25, 0.3) is 5.91 Å². The van der Waals surface area contributed by atoms with Gasteiger partial charge in [-0.15, -0.1) is 0 Å². The molecule has 4 nitrogen and oxygen atoms in total. The zero-order valence-corrected chi connectivity index (χ0v) is 12.7.